The number of nitrogens with one attached hydrogen (secondary N) is 1. The highest BCUT2D eigenvalue weighted by Crippen LogP contribution is 2.56. The Labute approximate surface area is 182 Å². The standard InChI is InChI=1S/C26H28N2O3/c1-15-10-16(2)12-20(11-15)27-24(29)21(13-17-6-4-3-5-7-17)28-25(30)22-18-8-9-19(14-18)23(22)26(28)31/h3-7,10-12,18-19,21-23H,8-9,13-14H2,1-2H3,(H,27,29)/t18-,19+,21-,22-,23-/m0/s1. The van der Waals surface area contributed by atoms with Crippen molar-refractivity contribution in [2.24, 2.45) is 23.7 Å². The minimum Gasteiger partial charge on any atom is -0.324 e. The van der Waals surface area contributed by atoms with E-state index in [1.54, 1.807) is 0 Å². The van der Waals surface area contributed by atoms with Crippen LogP contribution in [0.2, 0.25) is 0 Å². The zero-order valence-corrected chi connectivity index (χ0v) is 18.0. The second kappa shape index (κ2) is 7.63. The summed E-state index contributed by atoms with van der Waals surface area (Å²) in [5.41, 5.74) is 3.73. The van der Waals surface area contributed by atoms with Crippen LogP contribution in [0, 0.1) is 37.5 Å². The van der Waals surface area contributed by atoms with Crippen molar-refractivity contribution in [3.05, 3.63) is 65.2 Å². The monoisotopic (exact) mass is 416 g/mol. The topological polar surface area (TPSA) is 66.5 Å². The second-order valence-electron chi connectivity index (χ2n) is 9.50. The van der Waals surface area contributed by atoms with Crippen molar-refractivity contribution in [3.8, 4) is 0 Å². The summed E-state index contributed by atoms with van der Waals surface area (Å²) in [6.45, 7) is 3.96. The maximum absolute atomic E-state index is 13.5. The molecular formula is C26H28N2O3. The first-order valence-electron chi connectivity index (χ1n) is 11.2. The van der Waals surface area contributed by atoms with Gasteiger partial charge in [-0.25, -0.2) is 0 Å². The first-order chi connectivity index (χ1) is 14.9. The van der Waals surface area contributed by atoms with Crippen molar-refractivity contribution in [1.29, 1.82) is 0 Å². The van der Waals surface area contributed by atoms with Crippen LogP contribution in [0.5, 0.6) is 0 Å². The first kappa shape index (κ1) is 20.0. The van der Waals surface area contributed by atoms with E-state index in [1.165, 1.54) is 4.90 Å². The molecule has 2 bridgehead atoms. The number of hydrogen-bond acceptors (Lipinski definition) is 3. The average molecular weight is 417 g/mol. The normalized spacial score (nSPS) is 27.5. The van der Waals surface area contributed by atoms with Crippen molar-refractivity contribution >= 4 is 23.4 Å². The van der Waals surface area contributed by atoms with Gasteiger partial charge in [-0.15, -0.1) is 0 Å². The molecule has 5 heteroatoms. The van der Waals surface area contributed by atoms with Gasteiger partial charge < -0.3 is 5.32 Å². The van der Waals surface area contributed by atoms with Gasteiger partial charge in [-0.1, -0.05) is 36.4 Å². The molecule has 3 amide bonds. The van der Waals surface area contributed by atoms with Crippen molar-refractivity contribution in [2.45, 2.75) is 45.6 Å². The lowest BCUT2D eigenvalue weighted by molar-refractivity contribution is -0.147. The van der Waals surface area contributed by atoms with Crippen LogP contribution in [-0.4, -0.2) is 28.7 Å². The molecule has 160 valence electrons. The van der Waals surface area contributed by atoms with Crippen LogP contribution in [0.25, 0.3) is 0 Å². The summed E-state index contributed by atoms with van der Waals surface area (Å²) >= 11 is 0. The van der Waals surface area contributed by atoms with E-state index < -0.39 is 6.04 Å². The number of carbonyl (C=O) groups is 3. The Kier molecular flexibility index (Phi) is 4.92. The lowest BCUT2D eigenvalue weighted by Crippen LogP contribution is -2.49. The molecule has 1 N–H and O–H groups in total. The fourth-order valence-corrected chi connectivity index (χ4v) is 6.15. The number of carbonyl (C=O) groups excluding carboxylic acids is 3. The van der Waals surface area contributed by atoms with E-state index in [1.807, 2.05) is 62.4 Å². The van der Waals surface area contributed by atoms with Gasteiger partial charge in [0, 0.05) is 12.1 Å². The molecule has 2 aromatic rings. The van der Waals surface area contributed by atoms with Gasteiger partial charge >= 0.3 is 0 Å². The van der Waals surface area contributed by atoms with Crippen LogP contribution < -0.4 is 5.32 Å². The maximum atomic E-state index is 13.5. The molecule has 1 saturated heterocycles. The third-order valence-corrected chi connectivity index (χ3v) is 7.34. The molecule has 0 spiro atoms. The fraction of sp³-hybridized carbons (Fsp3) is 0.423. The highest BCUT2D eigenvalue weighted by atomic mass is 16.2. The second-order valence-corrected chi connectivity index (χ2v) is 9.50. The molecule has 3 aliphatic rings. The Morgan fingerprint density at radius 1 is 0.968 bits per heavy atom. The number of likely N-dealkylation sites (tertiary alicyclic amines) is 1. The van der Waals surface area contributed by atoms with E-state index in [4.69, 9.17) is 0 Å². The van der Waals surface area contributed by atoms with Crippen LogP contribution in [0.3, 0.4) is 0 Å². The molecule has 2 aliphatic carbocycles. The SMILES string of the molecule is Cc1cc(C)cc(NC(=O)[C@H](Cc2ccccc2)N2C(=O)[C@H]3[C@@H]4CC[C@@H](C4)[C@@H]3C2=O)c1. The Bertz CT molecular complexity index is 1000. The van der Waals surface area contributed by atoms with Gasteiger partial charge in [0.15, 0.2) is 0 Å². The molecule has 1 heterocycles. The number of benzene rings is 2. The minimum absolute atomic E-state index is 0.140. The number of hydrogen-bond donors (Lipinski definition) is 1. The van der Waals surface area contributed by atoms with Gasteiger partial charge in [0.25, 0.3) is 0 Å². The van der Waals surface area contributed by atoms with E-state index in [-0.39, 0.29) is 29.6 Å². The highest BCUT2D eigenvalue weighted by Gasteiger charge is 2.62. The predicted octanol–water partition coefficient (Wildman–Crippen LogP) is 3.88. The molecule has 0 aromatic heterocycles. The van der Waals surface area contributed by atoms with Gasteiger partial charge in [-0.05, 0) is 73.8 Å². The molecule has 1 aliphatic heterocycles. The molecule has 3 fully saturated rings. The molecular weight excluding hydrogens is 388 g/mol. The summed E-state index contributed by atoms with van der Waals surface area (Å²) in [6.07, 6.45) is 3.36. The molecule has 2 saturated carbocycles. The lowest BCUT2D eigenvalue weighted by atomic mass is 9.81. The van der Waals surface area contributed by atoms with Crippen LogP contribution in [0.4, 0.5) is 5.69 Å². The molecule has 5 atom stereocenters. The van der Waals surface area contributed by atoms with Crippen LogP contribution >= 0.6 is 0 Å². The fourth-order valence-electron chi connectivity index (χ4n) is 6.15. The number of fused-ring (bicyclic) bond motifs is 5. The number of nitrogens with zero attached hydrogens (tertiary/aromatic N) is 1. The van der Waals surface area contributed by atoms with E-state index in [0.29, 0.717) is 23.9 Å². The summed E-state index contributed by atoms with van der Waals surface area (Å²) in [5, 5.41) is 2.98. The van der Waals surface area contributed by atoms with E-state index >= 15 is 0 Å². The van der Waals surface area contributed by atoms with Crippen molar-refractivity contribution < 1.29 is 14.4 Å². The zero-order chi connectivity index (χ0) is 21.7. The van der Waals surface area contributed by atoms with Crippen LogP contribution in [0.15, 0.2) is 48.5 Å². The van der Waals surface area contributed by atoms with Gasteiger partial charge in [0.05, 0.1) is 11.8 Å². The molecule has 0 radical (unpaired) electrons. The number of amides is 3. The van der Waals surface area contributed by atoms with E-state index in [0.717, 1.165) is 36.0 Å². The summed E-state index contributed by atoms with van der Waals surface area (Å²) in [6, 6.07) is 14.6. The number of imide groups is 1. The zero-order valence-electron chi connectivity index (χ0n) is 18.0. The van der Waals surface area contributed by atoms with Crippen molar-refractivity contribution in [3.63, 3.8) is 0 Å². The Balaban J connectivity index is 1.46. The molecule has 5 nitrogen and oxygen atoms in total. The summed E-state index contributed by atoms with van der Waals surface area (Å²) < 4.78 is 0. The quantitative estimate of drug-likeness (QED) is 0.752. The third-order valence-electron chi connectivity index (χ3n) is 7.34. The van der Waals surface area contributed by atoms with Crippen LogP contribution in [0.1, 0.15) is 36.0 Å². The summed E-state index contributed by atoms with van der Waals surface area (Å²) in [5.74, 6) is -0.426. The third kappa shape index (κ3) is 3.46. The van der Waals surface area contributed by atoms with Gasteiger partial charge in [0.1, 0.15) is 6.04 Å². The summed E-state index contributed by atoms with van der Waals surface area (Å²) in [4.78, 5) is 41.6. The number of aryl methyl sites for hydroxylation is 2. The number of anilines is 1. The van der Waals surface area contributed by atoms with Gasteiger partial charge in [-0.2, -0.15) is 0 Å². The van der Waals surface area contributed by atoms with Gasteiger partial charge in [0.2, 0.25) is 17.7 Å². The smallest absolute Gasteiger partial charge is 0.248 e. The molecule has 0 unspecified atom stereocenters. The lowest BCUT2D eigenvalue weighted by Gasteiger charge is -2.27. The Hall–Kier alpha value is -2.95. The maximum Gasteiger partial charge on any atom is 0.248 e. The highest BCUT2D eigenvalue weighted by molar-refractivity contribution is 6.10. The van der Waals surface area contributed by atoms with Crippen molar-refractivity contribution in [1.82, 2.24) is 4.90 Å². The minimum atomic E-state index is -0.840. The predicted molar refractivity (Wildman–Crippen MR) is 118 cm³/mol. The first-order valence-corrected chi connectivity index (χ1v) is 11.2. The van der Waals surface area contributed by atoms with Crippen molar-refractivity contribution in [2.75, 3.05) is 5.32 Å². The molecule has 31 heavy (non-hydrogen) atoms. The Morgan fingerprint density at radius 3 is 2.13 bits per heavy atom. The Morgan fingerprint density at radius 2 is 1.55 bits per heavy atom. The average Bonchev–Trinajstić information content (AvgIpc) is 3.40. The molecule has 2 aromatic carbocycles. The van der Waals surface area contributed by atoms with Gasteiger partial charge in [-0.3, -0.25) is 19.3 Å². The molecule has 5 rings (SSSR count). The largest absolute Gasteiger partial charge is 0.324 e. The van der Waals surface area contributed by atoms with Crippen LogP contribution in [-0.2, 0) is 20.8 Å². The summed E-state index contributed by atoms with van der Waals surface area (Å²) in [7, 11) is 0. The van der Waals surface area contributed by atoms with E-state index in [9.17, 15) is 14.4 Å². The number of rotatable bonds is 5. The van der Waals surface area contributed by atoms with E-state index in [2.05, 4.69) is 5.32 Å².